The number of anilines is 1. The molecule has 6 nitrogen and oxygen atoms in total. The van der Waals surface area contributed by atoms with Crippen LogP contribution in [0.5, 0.6) is 0 Å². The summed E-state index contributed by atoms with van der Waals surface area (Å²) in [5.41, 5.74) is 6.47. The van der Waals surface area contributed by atoms with E-state index in [2.05, 4.69) is 15.3 Å². The smallest absolute Gasteiger partial charge is 0.246 e. The number of amides is 1. The average Bonchev–Trinajstić information content (AvgIpc) is 3.16. The first-order chi connectivity index (χ1) is 12.1. The lowest BCUT2D eigenvalue weighted by atomic mass is 9.93. The summed E-state index contributed by atoms with van der Waals surface area (Å²) in [4.78, 5) is 22.6. The number of rotatable bonds is 5. The van der Waals surface area contributed by atoms with E-state index in [1.807, 2.05) is 0 Å². The molecule has 2 aliphatic rings. The maximum absolute atomic E-state index is 11.3. The number of thiophene rings is 1. The highest BCUT2D eigenvalue weighted by atomic mass is 32.1. The Hall–Kier alpha value is -1.73. The second-order valence-electron chi connectivity index (χ2n) is 7.21. The molecule has 134 valence electrons. The standard InChI is InChI=1S/C18H24N4O2S/c19-16(24)12(23)8-10-6-7-13-14(10)15-17(20-9-21-18(15)25-13)22-11-4-2-1-3-5-11/h9-12,23H,1-8H2,(H2,19,24)(H,20,21,22)/t10-,12-/m1/s1. The molecule has 2 aromatic heterocycles. The predicted octanol–water partition coefficient (Wildman–Crippen LogP) is 2.70. The molecule has 0 bridgehead atoms. The molecule has 1 fully saturated rings. The SMILES string of the molecule is NC(=O)[C@H](O)C[C@H]1CCc2sc3ncnc(NC4CCCCC4)c3c21. The van der Waals surface area contributed by atoms with E-state index in [4.69, 9.17) is 5.73 Å². The van der Waals surface area contributed by atoms with Gasteiger partial charge in [0.2, 0.25) is 5.91 Å². The summed E-state index contributed by atoms with van der Waals surface area (Å²) in [5, 5.41) is 14.7. The molecule has 0 radical (unpaired) electrons. The van der Waals surface area contributed by atoms with Gasteiger partial charge >= 0.3 is 0 Å². The van der Waals surface area contributed by atoms with Crippen molar-refractivity contribution in [2.24, 2.45) is 5.73 Å². The second kappa shape index (κ2) is 6.88. The summed E-state index contributed by atoms with van der Waals surface area (Å²) in [6, 6.07) is 0.471. The Morgan fingerprint density at radius 1 is 1.32 bits per heavy atom. The number of aryl methyl sites for hydroxylation is 1. The molecule has 1 saturated carbocycles. The highest BCUT2D eigenvalue weighted by Gasteiger charge is 2.32. The molecule has 4 N–H and O–H groups in total. The molecule has 2 aromatic rings. The fourth-order valence-electron chi connectivity index (χ4n) is 4.24. The molecule has 7 heteroatoms. The first kappa shape index (κ1) is 16.7. The molecule has 0 saturated heterocycles. The van der Waals surface area contributed by atoms with Gasteiger partial charge in [-0.25, -0.2) is 9.97 Å². The van der Waals surface area contributed by atoms with Gasteiger partial charge in [-0.1, -0.05) is 19.3 Å². The highest BCUT2D eigenvalue weighted by Crippen LogP contribution is 2.47. The van der Waals surface area contributed by atoms with Gasteiger partial charge in [-0.2, -0.15) is 0 Å². The van der Waals surface area contributed by atoms with E-state index < -0.39 is 12.0 Å². The molecule has 0 aromatic carbocycles. The minimum absolute atomic E-state index is 0.143. The molecule has 25 heavy (non-hydrogen) atoms. The van der Waals surface area contributed by atoms with Crippen molar-refractivity contribution in [3.63, 3.8) is 0 Å². The lowest BCUT2D eigenvalue weighted by Gasteiger charge is -2.24. The van der Waals surface area contributed by atoms with Crippen molar-refractivity contribution in [3.8, 4) is 0 Å². The van der Waals surface area contributed by atoms with E-state index in [9.17, 15) is 9.90 Å². The van der Waals surface area contributed by atoms with Crippen molar-refractivity contribution < 1.29 is 9.90 Å². The molecule has 2 heterocycles. The third-order valence-electron chi connectivity index (χ3n) is 5.51. The zero-order chi connectivity index (χ0) is 17.4. The summed E-state index contributed by atoms with van der Waals surface area (Å²) in [5.74, 6) is 0.406. The van der Waals surface area contributed by atoms with E-state index in [1.165, 1.54) is 42.5 Å². The van der Waals surface area contributed by atoms with E-state index >= 15 is 0 Å². The van der Waals surface area contributed by atoms with Gasteiger partial charge in [0.1, 0.15) is 23.1 Å². The molecule has 2 aliphatic carbocycles. The third-order valence-corrected chi connectivity index (χ3v) is 6.69. The van der Waals surface area contributed by atoms with Crippen LogP contribution < -0.4 is 11.1 Å². The number of nitrogens with one attached hydrogen (secondary N) is 1. The highest BCUT2D eigenvalue weighted by molar-refractivity contribution is 7.19. The molecular weight excluding hydrogens is 336 g/mol. The summed E-state index contributed by atoms with van der Waals surface area (Å²) < 4.78 is 0. The Morgan fingerprint density at radius 3 is 2.88 bits per heavy atom. The zero-order valence-corrected chi connectivity index (χ0v) is 15.0. The molecular formula is C18H24N4O2S. The van der Waals surface area contributed by atoms with Crippen LogP contribution in [-0.4, -0.2) is 33.1 Å². The van der Waals surface area contributed by atoms with Crippen LogP contribution in [0.2, 0.25) is 0 Å². The minimum Gasteiger partial charge on any atom is -0.383 e. The lowest BCUT2D eigenvalue weighted by Crippen LogP contribution is -2.29. The van der Waals surface area contributed by atoms with Gasteiger partial charge in [0.05, 0.1) is 5.39 Å². The lowest BCUT2D eigenvalue weighted by molar-refractivity contribution is -0.126. The van der Waals surface area contributed by atoms with Crippen LogP contribution in [0.4, 0.5) is 5.82 Å². The van der Waals surface area contributed by atoms with Crippen molar-refractivity contribution >= 4 is 33.3 Å². The number of fused-ring (bicyclic) bond motifs is 3. The number of nitrogens with two attached hydrogens (primary N) is 1. The number of hydrogen-bond acceptors (Lipinski definition) is 6. The molecule has 1 amide bonds. The van der Waals surface area contributed by atoms with E-state index in [0.29, 0.717) is 12.5 Å². The van der Waals surface area contributed by atoms with Crippen molar-refractivity contribution in [1.29, 1.82) is 0 Å². The third kappa shape index (κ3) is 3.22. The zero-order valence-electron chi connectivity index (χ0n) is 14.2. The second-order valence-corrected chi connectivity index (χ2v) is 8.29. The monoisotopic (exact) mass is 360 g/mol. The predicted molar refractivity (Wildman–Crippen MR) is 98.8 cm³/mol. The van der Waals surface area contributed by atoms with Crippen LogP contribution in [0.1, 0.15) is 61.3 Å². The van der Waals surface area contributed by atoms with Gasteiger partial charge in [0, 0.05) is 10.9 Å². The molecule has 0 spiro atoms. The van der Waals surface area contributed by atoms with E-state index in [-0.39, 0.29) is 5.92 Å². The van der Waals surface area contributed by atoms with Crippen molar-refractivity contribution in [2.75, 3.05) is 5.32 Å². The maximum atomic E-state index is 11.3. The van der Waals surface area contributed by atoms with Gasteiger partial charge in [-0.15, -0.1) is 11.3 Å². The summed E-state index contributed by atoms with van der Waals surface area (Å²) in [6.07, 6.45) is 9.04. The molecule has 0 unspecified atom stereocenters. The summed E-state index contributed by atoms with van der Waals surface area (Å²) in [7, 11) is 0. The number of aliphatic hydroxyl groups is 1. The Kier molecular flexibility index (Phi) is 4.60. The van der Waals surface area contributed by atoms with Crippen molar-refractivity contribution in [1.82, 2.24) is 9.97 Å². The minimum atomic E-state index is -1.09. The number of carbonyl (C=O) groups excluding carboxylic acids is 1. The van der Waals surface area contributed by atoms with Crippen LogP contribution in [-0.2, 0) is 11.2 Å². The van der Waals surface area contributed by atoms with Gasteiger partial charge in [0.15, 0.2) is 0 Å². The van der Waals surface area contributed by atoms with Crippen LogP contribution in [0, 0.1) is 0 Å². The number of aromatic nitrogens is 2. The van der Waals surface area contributed by atoms with Crippen LogP contribution in [0.3, 0.4) is 0 Å². The maximum Gasteiger partial charge on any atom is 0.246 e. The fourth-order valence-corrected chi connectivity index (χ4v) is 5.48. The Labute approximate surface area is 150 Å². The van der Waals surface area contributed by atoms with Gasteiger partial charge in [0.25, 0.3) is 0 Å². The van der Waals surface area contributed by atoms with Crippen LogP contribution in [0.15, 0.2) is 6.33 Å². The first-order valence-electron chi connectivity index (χ1n) is 9.13. The van der Waals surface area contributed by atoms with E-state index in [0.717, 1.165) is 28.9 Å². The number of nitrogens with zero attached hydrogens (tertiary/aromatic N) is 2. The molecule has 2 atom stereocenters. The average molecular weight is 360 g/mol. The Balaban J connectivity index is 1.67. The number of aliphatic hydroxyl groups excluding tert-OH is 1. The van der Waals surface area contributed by atoms with Crippen LogP contribution in [0.25, 0.3) is 10.2 Å². The topological polar surface area (TPSA) is 101 Å². The van der Waals surface area contributed by atoms with Gasteiger partial charge in [-0.05, 0) is 43.6 Å². The molecule has 0 aliphatic heterocycles. The van der Waals surface area contributed by atoms with E-state index in [1.54, 1.807) is 17.7 Å². The van der Waals surface area contributed by atoms with Gasteiger partial charge in [-0.3, -0.25) is 4.79 Å². The fraction of sp³-hybridized carbons (Fsp3) is 0.611. The quantitative estimate of drug-likeness (QED) is 0.761. The Morgan fingerprint density at radius 2 is 2.12 bits per heavy atom. The summed E-state index contributed by atoms with van der Waals surface area (Å²) in [6.45, 7) is 0. The van der Waals surface area contributed by atoms with Crippen LogP contribution >= 0.6 is 11.3 Å². The Bertz CT molecular complexity index is 785. The summed E-state index contributed by atoms with van der Waals surface area (Å²) >= 11 is 1.71. The van der Waals surface area contributed by atoms with Crippen molar-refractivity contribution in [2.45, 2.75) is 69.4 Å². The van der Waals surface area contributed by atoms with Gasteiger partial charge < -0.3 is 16.2 Å². The number of hydrogen-bond donors (Lipinski definition) is 3. The van der Waals surface area contributed by atoms with Crippen molar-refractivity contribution in [3.05, 3.63) is 16.8 Å². The normalized spacial score (nSPS) is 22.0. The number of primary amides is 1. The number of carbonyl (C=O) groups is 1. The first-order valence-corrected chi connectivity index (χ1v) is 9.95. The molecule has 4 rings (SSSR count). The largest absolute Gasteiger partial charge is 0.383 e.